The molecule has 0 aromatic heterocycles. The minimum atomic E-state index is 0.260. The van der Waals surface area contributed by atoms with Gasteiger partial charge in [0.05, 0.1) is 0 Å². The van der Waals surface area contributed by atoms with Crippen molar-refractivity contribution in [3.05, 3.63) is 35.4 Å². The first-order valence-corrected chi connectivity index (χ1v) is 12.4. The lowest BCUT2D eigenvalue weighted by atomic mass is 10.0. The first-order valence-electron chi connectivity index (χ1n) is 10.0. The van der Waals surface area contributed by atoms with Crippen molar-refractivity contribution < 1.29 is 4.79 Å². The smallest absolute Gasteiger partial charge is 0.220 e. The topological polar surface area (TPSA) is 32.3 Å². The Balaban J connectivity index is 1.28. The van der Waals surface area contributed by atoms with E-state index in [1.807, 2.05) is 21.6 Å². The number of hydrogen-bond acceptors (Lipinski definition) is 4. The molecule has 1 aromatic carbocycles. The number of rotatable bonds is 8. The number of carbonyl (C=O) groups excluding carboxylic acids is 1. The summed E-state index contributed by atoms with van der Waals surface area (Å²) < 4.78 is 0. The zero-order valence-electron chi connectivity index (χ0n) is 15.9. The van der Waals surface area contributed by atoms with Gasteiger partial charge in [0.25, 0.3) is 0 Å². The molecule has 0 radical (unpaired) electrons. The summed E-state index contributed by atoms with van der Waals surface area (Å²) in [7, 11) is 4.05. The van der Waals surface area contributed by atoms with Crippen molar-refractivity contribution in [2.75, 3.05) is 18.8 Å². The molecule has 26 heavy (non-hydrogen) atoms. The molecule has 5 heteroatoms. The lowest BCUT2D eigenvalue weighted by Gasteiger charge is -2.32. The molecular formula is C21H32N2OS2. The lowest BCUT2D eigenvalue weighted by molar-refractivity contribution is -0.122. The second kappa shape index (κ2) is 10.6. The van der Waals surface area contributed by atoms with E-state index in [1.54, 1.807) is 0 Å². The number of hydrogen-bond donors (Lipinski definition) is 1. The van der Waals surface area contributed by atoms with Crippen molar-refractivity contribution >= 4 is 27.5 Å². The van der Waals surface area contributed by atoms with E-state index in [-0.39, 0.29) is 5.91 Å². The van der Waals surface area contributed by atoms with Crippen molar-refractivity contribution in [3.63, 3.8) is 0 Å². The third-order valence-electron chi connectivity index (χ3n) is 5.52. The molecular weight excluding hydrogens is 360 g/mol. The number of amides is 1. The summed E-state index contributed by atoms with van der Waals surface area (Å²) in [6.07, 6.45) is 7.72. The maximum atomic E-state index is 12.2. The maximum Gasteiger partial charge on any atom is 0.220 e. The Morgan fingerprint density at radius 3 is 2.73 bits per heavy atom. The van der Waals surface area contributed by atoms with Gasteiger partial charge in [-0.25, -0.2) is 0 Å². The average Bonchev–Trinajstić information content (AvgIpc) is 3.16. The van der Waals surface area contributed by atoms with Crippen LogP contribution in [0.1, 0.15) is 56.1 Å². The van der Waals surface area contributed by atoms with Gasteiger partial charge in [0, 0.05) is 43.1 Å². The molecule has 1 atom stereocenters. The monoisotopic (exact) mass is 392 g/mol. The summed E-state index contributed by atoms with van der Waals surface area (Å²) >= 11 is 0. The highest BCUT2D eigenvalue weighted by atomic mass is 33.1. The van der Waals surface area contributed by atoms with Gasteiger partial charge in [-0.05, 0) is 50.2 Å². The minimum absolute atomic E-state index is 0.260. The molecule has 2 saturated heterocycles. The van der Waals surface area contributed by atoms with Crippen LogP contribution in [0.4, 0.5) is 0 Å². The number of nitrogens with one attached hydrogen (secondary N) is 1. The second-order valence-corrected chi connectivity index (χ2v) is 10.4. The molecule has 2 aliphatic heterocycles. The minimum Gasteiger partial charge on any atom is -0.353 e. The van der Waals surface area contributed by atoms with Crippen LogP contribution >= 0.6 is 21.6 Å². The molecule has 2 fully saturated rings. The highest BCUT2D eigenvalue weighted by molar-refractivity contribution is 8.77. The molecule has 2 aliphatic rings. The van der Waals surface area contributed by atoms with E-state index in [1.165, 1.54) is 36.1 Å². The summed E-state index contributed by atoms with van der Waals surface area (Å²) in [5.41, 5.74) is 2.80. The van der Waals surface area contributed by atoms with Gasteiger partial charge in [0.15, 0.2) is 0 Å². The summed E-state index contributed by atoms with van der Waals surface area (Å²) in [6, 6.07) is 9.02. The normalized spacial score (nSPS) is 21.8. The van der Waals surface area contributed by atoms with Crippen molar-refractivity contribution in [3.8, 4) is 0 Å². The fourth-order valence-corrected chi connectivity index (χ4v) is 6.81. The van der Waals surface area contributed by atoms with E-state index in [0.717, 1.165) is 44.1 Å². The third kappa shape index (κ3) is 6.50. The van der Waals surface area contributed by atoms with E-state index in [2.05, 4.69) is 41.4 Å². The molecule has 144 valence electrons. The quantitative estimate of drug-likeness (QED) is 0.509. The van der Waals surface area contributed by atoms with Crippen LogP contribution in [-0.4, -0.2) is 40.9 Å². The third-order valence-corrected chi connectivity index (χ3v) is 8.52. The fraction of sp³-hybridized carbons (Fsp3) is 0.667. The van der Waals surface area contributed by atoms with Gasteiger partial charge >= 0.3 is 0 Å². The molecule has 0 bridgehead atoms. The molecule has 0 aliphatic carbocycles. The highest BCUT2D eigenvalue weighted by Crippen LogP contribution is 2.39. The molecule has 1 unspecified atom stereocenters. The first kappa shape index (κ1) is 20.1. The molecule has 0 spiro atoms. The maximum absolute atomic E-state index is 12.2. The first-order chi connectivity index (χ1) is 12.7. The van der Waals surface area contributed by atoms with Gasteiger partial charge in [0.2, 0.25) is 5.91 Å². The van der Waals surface area contributed by atoms with Crippen LogP contribution in [-0.2, 0) is 11.3 Å². The van der Waals surface area contributed by atoms with Gasteiger partial charge in [-0.1, -0.05) is 52.3 Å². The molecule has 0 saturated carbocycles. The predicted molar refractivity (Wildman–Crippen MR) is 115 cm³/mol. The van der Waals surface area contributed by atoms with Gasteiger partial charge in [-0.3, -0.25) is 9.69 Å². The number of carbonyl (C=O) groups is 1. The summed E-state index contributed by atoms with van der Waals surface area (Å²) in [5, 5.41) is 4.10. The van der Waals surface area contributed by atoms with Crippen LogP contribution in [0.2, 0.25) is 0 Å². The van der Waals surface area contributed by atoms with Crippen LogP contribution in [0.15, 0.2) is 24.3 Å². The number of aryl methyl sites for hydroxylation is 1. The van der Waals surface area contributed by atoms with E-state index in [9.17, 15) is 4.79 Å². The van der Waals surface area contributed by atoms with Gasteiger partial charge < -0.3 is 5.32 Å². The van der Waals surface area contributed by atoms with Crippen molar-refractivity contribution in [2.45, 2.75) is 69.7 Å². The van der Waals surface area contributed by atoms with Crippen LogP contribution < -0.4 is 5.32 Å². The summed E-state index contributed by atoms with van der Waals surface area (Å²) in [6.45, 7) is 5.38. The lowest BCUT2D eigenvalue weighted by Crippen LogP contribution is -2.44. The fourth-order valence-electron chi connectivity index (χ4n) is 3.79. The zero-order chi connectivity index (χ0) is 18.2. The van der Waals surface area contributed by atoms with Gasteiger partial charge in [0.1, 0.15) is 0 Å². The van der Waals surface area contributed by atoms with Gasteiger partial charge in [-0.2, -0.15) is 0 Å². The van der Waals surface area contributed by atoms with E-state index in [4.69, 9.17) is 0 Å². The van der Waals surface area contributed by atoms with Crippen LogP contribution in [0, 0.1) is 6.92 Å². The Morgan fingerprint density at radius 1 is 1.19 bits per heavy atom. The van der Waals surface area contributed by atoms with Crippen LogP contribution in [0.3, 0.4) is 0 Å². The molecule has 1 amide bonds. The number of benzene rings is 1. The largest absolute Gasteiger partial charge is 0.353 e. The van der Waals surface area contributed by atoms with Gasteiger partial charge in [-0.15, -0.1) is 0 Å². The molecule has 1 aromatic rings. The zero-order valence-corrected chi connectivity index (χ0v) is 17.5. The molecule has 3 nitrogen and oxygen atoms in total. The number of nitrogens with zero attached hydrogens (tertiary/aromatic N) is 1. The van der Waals surface area contributed by atoms with Crippen LogP contribution in [0.25, 0.3) is 0 Å². The Morgan fingerprint density at radius 2 is 2.00 bits per heavy atom. The molecule has 3 rings (SSSR count). The Hall–Kier alpha value is -0.650. The molecule has 2 heterocycles. The molecule has 1 N–H and O–H groups in total. The van der Waals surface area contributed by atoms with Crippen molar-refractivity contribution in [1.82, 2.24) is 10.2 Å². The standard InChI is InChI=1S/C21H32N2OS2/c1-17-6-2-3-7-18(17)16-23-13-10-19(11-14-23)22-21(24)9-5-4-8-20-12-15-25-26-20/h2-3,6-7,19-20H,4-5,8-16H2,1H3,(H,22,24). The Kier molecular flexibility index (Phi) is 8.21. The number of piperidine rings is 1. The van der Waals surface area contributed by atoms with Crippen molar-refractivity contribution in [1.29, 1.82) is 0 Å². The average molecular weight is 393 g/mol. The van der Waals surface area contributed by atoms with Crippen LogP contribution in [0.5, 0.6) is 0 Å². The predicted octanol–water partition coefficient (Wildman–Crippen LogP) is 4.79. The Labute approximate surface area is 166 Å². The van der Waals surface area contributed by atoms with E-state index >= 15 is 0 Å². The number of unbranched alkanes of at least 4 members (excludes halogenated alkanes) is 1. The summed E-state index contributed by atoms with van der Waals surface area (Å²) in [4.78, 5) is 14.7. The summed E-state index contributed by atoms with van der Waals surface area (Å²) in [5.74, 6) is 1.56. The number of likely N-dealkylation sites (tertiary alicyclic amines) is 1. The Bertz CT molecular complexity index is 567. The highest BCUT2D eigenvalue weighted by Gasteiger charge is 2.21. The second-order valence-electron chi connectivity index (χ2n) is 7.62. The van der Waals surface area contributed by atoms with Crippen molar-refractivity contribution in [2.24, 2.45) is 0 Å². The van der Waals surface area contributed by atoms with E-state index in [0.29, 0.717) is 12.5 Å². The van der Waals surface area contributed by atoms with E-state index < -0.39 is 0 Å². The SMILES string of the molecule is Cc1ccccc1CN1CCC(NC(=O)CCCCC2CCSS2)CC1.